The van der Waals surface area contributed by atoms with Gasteiger partial charge in [-0.15, -0.1) is 0 Å². The van der Waals surface area contributed by atoms with Crippen molar-refractivity contribution in [2.24, 2.45) is 0 Å². The van der Waals surface area contributed by atoms with Crippen molar-refractivity contribution in [2.75, 3.05) is 0 Å². The molecule has 0 saturated carbocycles. The molecular weight excluding hydrogens is 398 g/mol. The number of nitrogens with zero attached hydrogens (tertiary/aromatic N) is 1. The van der Waals surface area contributed by atoms with Gasteiger partial charge in [0.05, 0.1) is 4.92 Å². The van der Waals surface area contributed by atoms with E-state index in [9.17, 15) is 10.1 Å². The van der Waals surface area contributed by atoms with E-state index < -0.39 is 0 Å². The lowest BCUT2D eigenvalue weighted by Gasteiger charge is -2.13. The fraction of sp³-hybridized carbons (Fsp3) is 0.250. The number of rotatable bonds is 1. The van der Waals surface area contributed by atoms with Gasteiger partial charge in [-0.1, -0.05) is 44.0 Å². The van der Waals surface area contributed by atoms with Crippen molar-refractivity contribution in [3.63, 3.8) is 0 Å². The van der Waals surface area contributed by atoms with Crippen LogP contribution < -0.4 is 0 Å². The number of hydrogen-bond donors (Lipinski definition) is 0. The van der Waals surface area contributed by atoms with Crippen LogP contribution in [0.1, 0.15) is 22.3 Å². The molecule has 0 spiro atoms. The molecule has 108 valence electrons. The molecule has 0 fully saturated rings. The van der Waals surface area contributed by atoms with Gasteiger partial charge in [0, 0.05) is 20.6 Å². The fourth-order valence-corrected chi connectivity index (χ4v) is 3.92. The van der Waals surface area contributed by atoms with Crippen molar-refractivity contribution in [1.29, 1.82) is 0 Å². The van der Waals surface area contributed by atoms with Crippen LogP contribution in [0.5, 0.6) is 0 Å². The summed E-state index contributed by atoms with van der Waals surface area (Å²) in [5, 5.41) is 11.3. The second-order valence-electron chi connectivity index (χ2n) is 5.26. The summed E-state index contributed by atoms with van der Waals surface area (Å²) in [5.74, 6) is 0. The zero-order valence-corrected chi connectivity index (χ0v) is 14.4. The Morgan fingerprint density at radius 2 is 1.52 bits per heavy atom. The van der Waals surface area contributed by atoms with Crippen molar-refractivity contribution >= 4 is 37.5 Å². The Labute approximate surface area is 139 Å². The highest BCUT2D eigenvalue weighted by Gasteiger charge is 2.18. The van der Waals surface area contributed by atoms with Crippen LogP contribution >= 0.6 is 31.9 Å². The minimum absolute atomic E-state index is 0.235. The molecule has 0 amide bonds. The molecule has 0 N–H and O–H groups in total. The Morgan fingerprint density at radius 3 is 2.24 bits per heavy atom. The molecule has 0 radical (unpaired) electrons. The van der Waals surface area contributed by atoms with Crippen LogP contribution in [-0.2, 0) is 25.7 Å². The van der Waals surface area contributed by atoms with Gasteiger partial charge in [-0.2, -0.15) is 0 Å². The van der Waals surface area contributed by atoms with Crippen LogP contribution in [-0.4, -0.2) is 4.92 Å². The summed E-state index contributed by atoms with van der Waals surface area (Å²) in [5.41, 5.74) is 4.44. The van der Waals surface area contributed by atoms with E-state index in [2.05, 4.69) is 50.1 Å². The molecule has 4 aliphatic rings. The number of hydrogen-bond acceptors (Lipinski definition) is 2. The first-order valence-electron chi connectivity index (χ1n) is 6.77. The van der Waals surface area contributed by atoms with Crippen LogP contribution in [0.25, 0.3) is 0 Å². The molecule has 5 heteroatoms. The summed E-state index contributed by atoms with van der Waals surface area (Å²) in [6.07, 6.45) is 3.10. The minimum Gasteiger partial charge on any atom is -0.258 e. The van der Waals surface area contributed by atoms with E-state index in [0.29, 0.717) is 6.42 Å². The van der Waals surface area contributed by atoms with Gasteiger partial charge in [-0.3, -0.25) is 10.1 Å². The summed E-state index contributed by atoms with van der Waals surface area (Å²) < 4.78 is 2.06. The fourth-order valence-electron chi connectivity index (χ4n) is 2.71. The van der Waals surface area contributed by atoms with Gasteiger partial charge in [0.1, 0.15) is 0 Å². The normalized spacial score (nSPS) is 13.8. The monoisotopic (exact) mass is 409 g/mol. The lowest BCUT2D eigenvalue weighted by atomic mass is 9.95. The summed E-state index contributed by atoms with van der Waals surface area (Å²) in [6.45, 7) is 0. The maximum absolute atomic E-state index is 11.3. The third-order valence-electron chi connectivity index (χ3n) is 3.91. The van der Waals surface area contributed by atoms with Crippen LogP contribution in [0.2, 0.25) is 0 Å². The molecule has 0 saturated heterocycles. The van der Waals surface area contributed by atoms with Gasteiger partial charge in [0.25, 0.3) is 5.69 Å². The molecule has 21 heavy (non-hydrogen) atoms. The first kappa shape index (κ1) is 14.7. The number of aryl methyl sites for hydroxylation is 4. The van der Waals surface area contributed by atoms with Gasteiger partial charge in [0.2, 0.25) is 0 Å². The van der Waals surface area contributed by atoms with Crippen molar-refractivity contribution < 1.29 is 4.92 Å². The quantitative estimate of drug-likeness (QED) is 0.490. The Hall–Kier alpha value is -1.20. The average molecular weight is 411 g/mol. The second-order valence-corrected chi connectivity index (χ2v) is 6.96. The summed E-state index contributed by atoms with van der Waals surface area (Å²) in [6, 6.07) is 10.1. The Bertz CT molecular complexity index is 728. The van der Waals surface area contributed by atoms with Crippen LogP contribution in [0.4, 0.5) is 5.69 Å². The van der Waals surface area contributed by atoms with Gasteiger partial charge in [-0.25, -0.2) is 0 Å². The minimum atomic E-state index is -0.270. The number of halogens is 2. The van der Waals surface area contributed by atoms with Crippen molar-refractivity contribution in [2.45, 2.75) is 25.7 Å². The molecule has 4 aliphatic carbocycles. The van der Waals surface area contributed by atoms with E-state index in [1.165, 1.54) is 11.1 Å². The second kappa shape index (κ2) is 5.89. The van der Waals surface area contributed by atoms with Crippen LogP contribution in [0.15, 0.2) is 39.3 Å². The Morgan fingerprint density at radius 1 is 0.857 bits per heavy atom. The van der Waals surface area contributed by atoms with E-state index in [1.807, 2.05) is 6.07 Å². The molecular formula is C16H13Br2NO2. The van der Waals surface area contributed by atoms with E-state index in [0.717, 1.165) is 39.3 Å². The standard InChI is InChI=1S/C16H13Br2NO2/c17-14-7-10-1-3-11(14)5-6-13-8-15(18)12(4-2-10)9-16(13)19(20)21/h1,3,7-9H,2,4-6H2. The van der Waals surface area contributed by atoms with Crippen LogP contribution in [0, 0.1) is 10.1 Å². The Kier molecular flexibility index (Phi) is 4.13. The molecule has 2 aromatic rings. The van der Waals surface area contributed by atoms with Gasteiger partial charge in [-0.05, 0) is 54.5 Å². The van der Waals surface area contributed by atoms with Crippen LogP contribution in [0.3, 0.4) is 0 Å². The molecule has 0 aliphatic heterocycles. The maximum Gasteiger partial charge on any atom is 0.272 e. The highest BCUT2D eigenvalue weighted by molar-refractivity contribution is 9.10. The largest absolute Gasteiger partial charge is 0.272 e. The Balaban J connectivity index is 2.11. The average Bonchev–Trinajstić information content (AvgIpc) is 2.42. The molecule has 3 nitrogen and oxygen atoms in total. The van der Waals surface area contributed by atoms with E-state index in [1.54, 1.807) is 6.07 Å². The lowest BCUT2D eigenvalue weighted by Crippen LogP contribution is -2.03. The number of benzene rings is 2. The zero-order chi connectivity index (χ0) is 15.0. The molecule has 2 aromatic carbocycles. The van der Waals surface area contributed by atoms with Crippen molar-refractivity contribution in [3.8, 4) is 0 Å². The van der Waals surface area contributed by atoms with Crippen molar-refractivity contribution in [1.82, 2.24) is 0 Å². The number of nitro benzene ring substituents is 1. The SMILES string of the molecule is O=[N+]([O-])c1cc2c(Br)cc1CCc1ccc(cc1Br)CC2. The number of nitro groups is 1. The summed E-state index contributed by atoms with van der Waals surface area (Å²) in [7, 11) is 0. The van der Waals surface area contributed by atoms with E-state index >= 15 is 0 Å². The van der Waals surface area contributed by atoms with E-state index in [4.69, 9.17) is 0 Å². The topological polar surface area (TPSA) is 43.1 Å². The highest BCUT2D eigenvalue weighted by Crippen LogP contribution is 2.31. The van der Waals surface area contributed by atoms with E-state index in [-0.39, 0.29) is 10.6 Å². The molecule has 4 bridgehead atoms. The third-order valence-corrected chi connectivity index (χ3v) is 5.38. The maximum atomic E-state index is 11.3. The molecule has 0 atom stereocenters. The molecule has 0 heterocycles. The summed E-state index contributed by atoms with van der Waals surface area (Å²) >= 11 is 7.16. The first-order chi connectivity index (χ1) is 10.0. The van der Waals surface area contributed by atoms with Gasteiger partial charge >= 0.3 is 0 Å². The molecule has 0 aromatic heterocycles. The summed E-state index contributed by atoms with van der Waals surface area (Å²) in [4.78, 5) is 11.0. The predicted octanol–water partition coefficient (Wildman–Crippen LogP) is 5.00. The molecule has 6 rings (SSSR count). The van der Waals surface area contributed by atoms with Gasteiger partial charge < -0.3 is 0 Å². The zero-order valence-electron chi connectivity index (χ0n) is 11.2. The smallest absolute Gasteiger partial charge is 0.258 e. The lowest BCUT2D eigenvalue weighted by molar-refractivity contribution is -0.385. The van der Waals surface area contributed by atoms with Crippen molar-refractivity contribution in [3.05, 3.63) is 71.6 Å². The highest BCUT2D eigenvalue weighted by atomic mass is 79.9. The van der Waals surface area contributed by atoms with Gasteiger partial charge in [0.15, 0.2) is 0 Å². The molecule has 0 unspecified atom stereocenters. The third kappa shape index (κ3) is 3.04. The first-order valence-corrected chi connectivity index (χ1v) is 8.36. The predicted molar refractivity (Wildman–Crippen MR) is 89.8 cm³/mol.